The van der Waals surface area contributed by atoms with E-state index < -0.39 is 0 Å². The molecule has 0 radical (unpaired) electrons. The summed E-state index contributed by atoms with van der Waals surface area (Å²) in [4.78, 5) is 32.2. The zero-order valence-corrected chi connectivity index (χ0v) is 19.4. The van der Waals surface area contributed by atoms with Crippen LogP contribution in [0.1, 0.15) is 29.3 Å². The van der Waals surface area contributed by atoms with Crippen LogP contribution in [0.5, 0.6) is 0 Å². The molecule has 0 atom stereocenters. The van der Waals surface area contributed by atoms with E-state index in [1.54, 1.807) is 11.7 Å². The van der Waals surface area contributed by atoms with Gasteiger partial charge in [0, 0.05) is 25.1 Å². The minimum atomic E-state index is -0.0888. The topological polar surface area (TPSA) is 73.2 Å². The molecule has 1 amide bonds. The number of carbonyl (C=O) groups excluding carboxylic acids is 1. The molecule has 0 aliphatic carbocycles. The van der Waals surface area contributed by atoms with Crippen molar-refractivity contribution in [3.8, 4) is 5.69 Å². The molecule has 0 saturated carbocycles. The molecule has 0 aliphatic heterocycles. The Morgan fingerprint density at radius 1 is 1.27 bits per heavy atom. The van der Waals surface area contributed by atoms with Crippen molar-refractivity contribution in [1.29, 1.82) is 0 Å². The first kappa shape index (κ1) is 22.5. The van der Waals surface area contributed by atoms with Gasteiger partial charge in [0.25, 0.3) is 5.56 Å². The normalized spacial score (nSPS) is 11.2. The highest BCUT2D eigenvalue weighted by Gasteiger charge is 2.18. The van der Waals surface area contributed by atoms with Crippen molar-refractivity contribution in [2.75, 3.05) is 26.0 Å². The molecule has 0 fully saturated rings. The molecule has 1 aromatic carbocycles. The standard InChI is InChI=1S/C22H27N3O3S2/c1-5-16-7-9-17(10-8-16)25-21(27)19-14(2)15(3)30-20(19)24-22(25)29-13-18(26)23-11-6-12-28-4/h7-10H,5-6,11-13H2,1-4H3,(H,23,26). The molecule has 3 rings (SSSR count). The van der Waals surface area contributed by atoms with Crippen molar-refractivity contribution in [2.24, 2.45) is 0 Å². The first-order valence-electron chi connectivity index (χ1n) is 9.96. The van der Waals surface area contributed by atoms with Crippen LogP contribution >= 0.6 is 23.1 Å². The van der Waals surface area contributed by atoms with Crippen molar-refractivity contribution < 1.29 is 9.53 Å². The number of hydrogen-bond acceptors (Lipinski definition) is 6. The highest BCUT2D eigenvalue weighted by Crippen LogP contribution is 2.29. The zero-order valence-electron chi connectivity index (χ0n) is 17.8. The van der Waals surface area contributed by atoms with Crippen LogP contribution < -0.4 is 10.9 Å². The maximum Gasteiger partial charge on any atom is 0.267 e. The summed E-state index contributed by atoms with van der Waals surface area (Å²) in [6.07, 6.45) is 1.69. The maximum atomic E-state index is 13.4. The van der Waals surface area contributed by atoms with E-state index in [-0.39, 0.29) is 17.2 Å². The predicted octanol–water partition coefficient (Wildman–Crippen LogP) is 3.87. The first-order valence-corrected chi connectivity index (χ1v) is 11.8. The predicted molar refractivity (Wildman–Crippen MR) is 124 cm³/mol. The summed E-state index contributed by atoms with van der Waals surface area (Å²) in [6.45, 7) is 7.23. The molecule has 0 unspecified atom stereocenters. The highest BCUT2D eigenvalue weighted by molar-refractivity contribution is 7.99. The lowest BCUT2D eigenvalue weighted by molar-refractivity contribution is -0.118. The Morgan fingerprint density at radius 2 is 2.00 bits per heavy atom. The largest absolute Gasteiger partial charge is 0.385 e. The first-order chi connectivity index (χ1) is 14.5. The summed E-state index contributed by atoms with van der Waals surface area (Å²) in [5, 5.41) is 4.06. The molecule has 0 aliphatic rings. The minimum absolute atomic E-state index is 0.0862. The molecule has 6 nitrogen and oxygen atoms in total. The molecule has 3 aromatic rings. The molecule has 8 heteroatoms. The summed E-state index contributed by atoms with van der Waals surface area (Å²) >= 11 is 2.80. The number of thiophene rings is 1. The lowest BCUT2D eigenvalue weighted by Crippen LogP contribution is -2.27. The number of aromatic nitrogens is 2. The monoisotopic (exact) mass is 445 g/mol. The van der Waals surface area contributed by atoms with Gasteiger partial charge >= 0.3 is 0 Å². The van der Waals surface area contributed by atoms with Crippen LogP contribution in [0.2, 0.25) is 0 Å². The van der Waals surface area contributed by atoms with Gasteiger partial charge in [0.2, 0.25) is 5.91 Å². The third-order valence-electron chi connectivity index (χ3n) is 4.95. The van der Waals surface area contributed by atoms with E-state index in [0.717, 1.165) is 33.8 Å². The van der Waals surface area contributed by atoms with Crippen LogP contribution in [-0.4, -0.2) is 41.5 Å². The van der Waals surface area contributed by atoms with Crippen LogP contribution in [0.3, 0.4) is 0 Å². The number of methoxy groups -OCH3 is 1. The SMILES string of the molecule is CCc1ccc(-n2c(SCC(=O)NCCCOC)nc3sc(C)c(C)c3c2=O)cc1. The van der Waals surface area contributed by atoms with E-state index in [9.17, 15) is 9.59 Å². The Hall–Kier alpha value is -2.16. The van der Waals surface area contributed by atoms with Gasteiger partial charge in [-0.3, -0.25) is 14.2 Å². The number of ether oxygens (including phenoxy) is 1. The van der Waals surface area contributed by atoms with Crippen molar-refractivity contribution in [3.05, 3.63) is 50.6 Å². The van der Waals surface area contributed by atoms with Crippen LogP contribution in [0, 0.1) is 13.8 Å². The number of carbonyl (C=O) groups is 1. The molecule has 30 heavy (non-hydrogen) atoms. The van der Waals surface area contributed by atoms with E-state index in [0.29, 0.717) is 23.7 Å². The number of amides is 1. The number of rotatable bonds is 9. The minimum Gasteiger partial charge on any atom is -0.385 e. The van der Waals surface area contributed by atoms with Gasteiger partial charge in [-0.1, -0.05) is 30.8 Å². The molecule has 2 aromatic heterocycles. The molecule has 0 spiro atoms. The molecule has 1 N–H and O–H groups in total. The van der Waals surface area contributed by atoms with E-state index in [1.165, 1.54) is 28.7 Å². The number of nitrogens with zero attached hydrogens (tertiary/aromatic N) is 2. The van der Waals surface area contributed by atoms with Crippen molar-refractivity contribution in [2.45, 2.75) is 38.8 Å². The fourth-order valence-electron chi connectivity index (χ4n) is 3.11. The summed E-state index contributed by atoms with van der Waals surface area (Å²) in [5.74, 6) is 0.110. The van der Waals surface area contributed by atoms with Crippen LogP contribution in [0.25, 0.3) is 15.9 Å². The van der Waals surface area contributed by atoms with Gasteiger partial charge in [0.05, 0.1) is 16.8 Å². The molecule has 2 heterocycles. The Bertz CT molecular complexity index is 1090. The Balaban J connectivity index is 1.95. The number of thioether (sulfide) groups is 1. The van der Waals surface area contributed by atoms with Crippen LogP contribution in [0.4, 0.5) is 0 Å². The van der Waals surface area contributed by atoms with E-state index in [4.69, 9.17) is 9.72 Å². The van der Waals surface area contributed by atoms with Crippen LogP contribution in [0.15, 0.2) is 34.2 Å². The molecule has 0 bridgehead atoms. The second kappa shape index (κ2) is 10.2. The number of fused-ring (bicyclic) bond motifs is 1. The van der Waals surface area contributed by atoms with E-state index in [2.05, 4.69) is 12.2 Å². The fraction of sp³-hybridized carbons (Fsp3) is 0.409. The van der Waals surface area contributed by atoms with Gasteiger partial charge in [0.15, 0.2) is 5.16 Å². The molecule has 160 valence electrons. The van der Waals surface area contributed by atoms with E-state index in [1.807, 2.05) is 38.1 Å². The average Bonchev–Trinajstić information content (AvgIpc) is 3.03. The Morgan fingerprint density at radius 3 is 2.67 bits per heavy atom. The maximum absolute atomic E-state index is 13.4. The van der Waals surface area contributed by atoms with Gasteiger partial charge < -0.3 is 10.1 Å². The number of aryl methyl sites for hydroxylation is 3. The Kier molecular flexibility index (Phi) is 7.69. The van der Waals surface area contributed by atoms with Gasteiger partial charge in [0.1, 0.15) is 4.83 Å². The number of benzene rings is 1. The summed E-state index contributed by atoms with van der Waals surface area (Å²) < 4.78 is 6.63. The zero-order chi connectivity index (χ0) is 21.7. The summed E-state index contributed by atoms with van der Waals surface area (Å²) in [5.41, 5.74) is 2.85. The van der Waals surface area contributed by atoms with Crippen molar-refractivity contribution in [3.63, 3.8) is 0 Å². The van der Waals surface area contributed by atoms with Gasteiger partial charge in [-0.05, 0) is 49.9 Å². The average molecular weight is 446 g/mol. The van der Waals surface area contributed by atoms with Crippen molar-refractivity contribution >= 4 is 39.2 Å². The third kappa shape index (κ3) is 4.94. The van der Waals surface area contributed by atoms with Gasteiger partial charge in [-0.2, -0.15) is 0 Å². The second-order valence-corrected chi connectivity index (χ2v) is 9.15. The summed E-state index contributed by atoms with van der Waals surface area (Å²) in [6, 6.07) is 7.93. The van der Waals surface area contributed by atoms with E-state index >= 15 is 0 Å². The quantitative estimate of drug-likeness (QED) is 0.307. The van der Waals surface area contributed by atoms with Crippen molar-refractivity contribution in [1.82, 2.24) is 14.9 Å². The summed E-state index contributed by atoms with van der Waals surface area (Å²) in [7, 11) is 1.64. The lowest BCUT2D eigenvalue weighted by Gasteiger charge is -2.13. The fourth-order valence-corrected chi connectivity index (χ4v) is 5.02. The lowest BCUT2D eigenvalue weighted by atomic mass is 10.1. The second-order valence-electron chi connectivity index (χ2n) is 7.00. The molecular formula is C22H27N3O3S2. The molecule has 0 saturated heterocycles. The van der Waals surface area contributed by atoms with Gasteiger partial charge in [-0.15, -0.1) is 11.3 Å². The third-order valence-corrected chi connectivity index (χ3v) is 6.99. The smallest absolute Gasteiger partial charge is 0.267 e. The Labute approximate surface area is 184 Å². The highest BCUT2D eigenvalue weighted by atomic mass is 32.2. The number of hydrogen-bond donors (Lipinski definition) is 1. The molecular weight excluding hydrogens is 418 g/mol. The number of nitrogens with one attached hydrogen (secondary N) is 1. The van der Waals surface area contributed by atoms with Gasteiger partial charge in [-0.25, -0.2) is 4.98 Å². The van der Waals surface area contributed by atoms with Crippen LogP contribution in [-0.2, 0) is 16.0 Å².